The van der Waals surface area contributed by atoms with Gasteiger partial charge in [0, 0.05) is 22.7 Å². The first-order valence-corrected chi connectivity index (χ1v) is 16.0. The lowest BCUT2D eigenvalue weighted by molar-refractivity contribution is -0.432. The molecule has 0 radical (unpaired) electrons. The number of nitrogens with zero attached hydrogens (tertiary/aromatic N) is 5. The van der Waals surface area contributed by atoms with E-state index in [4.69, 9.17) is 9.99 Å². The number of nitrogens with one attached hydrogen (secondary N) is 1. The van der Waals surface area contributed by atoms with Crippen LogP contribution in [-0.4, -0.2) is 34.7 Å². The molecule has 0 amide bonds. The first-order chi connectivity index (χ1) is 23.2. The van der Waals surface area contributed by atoms with Crippen LogP contribution in [0.1, 0.15) is 5.56 Å². The molecule has 0 aliphatic rings. The van der Waals surface area contributed by atoms with E-state index in [2.05, 4.69) is 36.0 Å². The van der Waals surface area contributed by atoms with Crippen LogP contribution >= 0.6 is 12.0 Å². The van der Waals surface area contributed by atoms with Crippen LogP contribution in [0.2, 0.25) is 0 Å². The second kappa shape index (κ2) is 13.6. The molecule has 2 aromatic heterocycles. The van der Waals surface area contributed by atoms with E-state index in [-0.39, 0.29) is 39.1 Å². The van der Waals surface area contributed by atoms with Gasteiger partial charge in [-0.3, -0.25) is 13.7 Å². The number of para-hydroxylation sites is 2. The van der Waals surface area contributed by atoms with Crippen molar-refractivity contribution < 1.29 is 32.3 Å². The predicted octanol–water partition coefficient (Wildman–Crippen LogP) is 6.05. The Kier molecular flexibility index (Phi) is 9.14. The minimum atomic E-state index is -4.86. The largest absolute Gasteiger partial charge is 0.494 e. The monoisotopic (exact) mass is 682 g/mol. The van der Waals surface area contributed by atoms with Crippen molar-refractivity contribution in [1.29, 1.82) is 5.26 Å². The Labute approximate surface area is 276 Å². The van der Waals surface area contributed by atoms with E-state index < -0.39 is 20.6 Å². The molecule has 4 aromatic carbocycles. The first kappa shape index (κ1) is 32.3. The van der Waals surface area contributed by atoms with Crippen molar-refractivity contribution >= 4 is 62.1 Å². The summed E-state index contributed by atoms with van der Waals surface area (Å²) in [6.07, 6.45) is 1.27. The van der Waals surface area contributed by atoms with E-state index in [0.717, 1.165) is 18.1 Å². The number of hydrogen-bond acceptors (Lipinski definition) is 13. The van der Waals surface area contributed by atoms with Gasteiger partial charge in [0.2, 0.25) is 0 Å². The zero-order chi connectivity index (χ0) is 33.8. The van der Waals surface area contributed by atoms with Gasteiger partial charge >= 0.3 is 0 Å². The summed E-state index contributed by atoms with van der Waals surface area (Å²) >= 11 is 0.754. The van der Waals surface area contributed by atoms with E-state index >= 15 is 0 Å². The minimum Gasteiger partial charge on any atom is -0.494 e. The SMILES string of the molecule is COc1cc(N/C=c2\c(-c3ccccc3)c(C#N)c3nc4ccccc4n3c2=O)c(S(=O)(=O)O)cc1N=Nc1ccc(SOOO)cc1. The molecule has 0 saturated carbocycles. The zero-order valence-corrected chi connectivity index (χ0v) is 26.3. The summed E-state index contributed by atoms with van der Waals surface area (Å²) in [5.41, 5.74) is 1.83. The Hall–Kier alpha value is -5.67. The molecule has 14 nitrogen and oxygen atoms in total. The van der Waals surface area contributed by atoms with Crippen LogP contribution in [0.5, 0.6) is 5.75 Å². The van der Waals surface area contributed by atoms with Crippen LogP contribution in [0.4, 0.5) is 17.1 Å². The summed E-state index contributed by atoms with van der Waals surface area (Å²) in [6, 6.07) is 26.6. The number of hydrogen-bond donors (Lipinski definition) is 3. The van der Waals surface area contributed by atoms with Crippen LogP contribution < -0.4 is 20.8 Å². The van der Waals surface area contributed by atoms with Gasteiger partial charge in [-0.1, -0.05) is 47.5 Å². The second-order valence-corrected chi connectivity index (χ2v) is 12.1. The number of benzene rings is 4. The molecule has 0 aliphatic carbocycles. The van der Waals surface area contributed by atoms with Crippen LogP contribution in [0.25, 0.3) is 34.0 Å². The van der Waals surface area contributed by atoms with Gasteiger partial charge in [0.1, 0.15) is 28.0 Å². The number of anilines is 1. The highest BCUT2D eigenvalue weighted by Crippen LogP contribution is 2.37. The van der Waals surface area contributed by atoms with E-state index in [9.17, 15) is 23.0 Å². The summed E-state index contributed by atoms with van der Waals surface area (Å²) < 4.78 is 46.5. The lowest BCUT2D eigenvalue weighted by Crippen LogP contribution is -2.34. The van der Waals surface area contributed by atoms with Gasteiger partial charge in [0.05, 0.1) is 46.8 Å². The highest BCUT2D eigenvalue weighted by atomic mass is 32.2. The van der Waals surface area contributed by atoms with Gasteiger partial charge in [0.25, 0.3) is 15.7 Å². The van der Waals surface area contributed by atoms with Crippen molar-refractivity contribution in [3.8, 4) is 22.9 Å². The number of azo groups is 1. The van der Waals surface area contributed by atoms with E-state index in [1.807, 2.05) is 0 Å². The Morgan fingerprint density at radius 3 is 2.44 bits per heavy atom. The molecule has 48 heavy (non-hydrogen) atoms. The Bertz CT molecular complexity index is 2470. The molecule has 0 aliphatic heterocycles. The third kappa shape index (κ3) is 6.32. The molecule has 0 spiro atoms. The maximum atomic E-state index is 14.1. The number of aromatic nitrogens is 2. The van der Waals surface area contributed by atoms with Crippen LogP contribution in [0, 0.1) is 11.3 Å². The standard InChI is InChI=1S/C32H22N6O8S2/c1-44-28-15-26(29(48(41,42)43)16-25(28)37-36-20-11-13-21(14-12-20)47-46-45-40)34-18-23-30(19-7-3-2-4-8-19)22(17-33)31-35-24-9-5-6-10-27(24)38(31)32(23)39/h2-16,18,34,40H,1H3,(H,41,42,43)/b23-18+,37-36?. The van der Waals surface area contributed by atoms with Gasteiger partial charge in [-0.05, 0) is 48.0 Å². The number of fused-ring (bicyclic) bond motifs is 3. The fourth-order valence-corrected chi connectivity index (χ4v) is 6.03. The van der Waals surface area contributed by atoms with Gasteiger partial charge in [-0.25, -0.2) is 10.2 Å². The van der Waals surface area contributed by atoms with Crippen molar-refractivity contribution in [2.24, 2.45) is 10.2 Å². The average Bonchev–Trinajstić information content (AvgIpc) is 3.49. The van der Waals surface area contributed by atoms with Gasteiger partial charge in [-0.15, -0.1) is 9.45 Å². The number of pyridine rings is 1. The number of nitriles is 1. The molecule has 16 heteroatoms. The Morgan fingerprint density at radius 2 is 1.75 bits per heavy atom. The minimum absolute atomic E-state index is 0.0290. The van der Waals surface area contributed by atoms with Crippen LogP contribution in [0.3, 0.4) is 0 Å². The van der Waals surface area contributed by atoms with Crippen molar-refractivity contribution in [2.45, 2.75) is 9.79 Å². The smallest absolute Gasteiger partial charge is 0.296 e. The summed E-state index contributed by atoms with van der Waals surface area (Å²) in [6.45, 7) is 0. The summed E-state index contributed by atoms with van der Waals surface area (Å²) in [5.74, 6) is 0.0853. The molecule has 0 fully saturated rings. The number of ether oxygens (including phenoxy) is 1. The number of imidazole rings is 1. The zero-order valence-electron chi connectivity index (χ0n) is 24.6. The highest BCUT2D eigenvalue weighted by Gasteiger charge is 2.22. The van der Waals surface area contributed by atoms with Crippen molar-refractivity contribution in [3.63, 3.8) is 0 Å². The topological polar surface area (TPSA) is 197 Å². The highest BCUT2D eigenvalue weighted by molar-refractivity contribution is 7.94. The molecular formula is C32H22N6O8S2. The van der Waals surface area contributed by atoms with Crippen molar-refractivity contribution in [1.82, 2.24) is 9.38 Å². The summed E-state index contributed by atoms with van der Waals surface area (Å²) in [4.78, 5) is 18.7. The molecule has 240 valence electrons. The predicted molar refractivity (Wildman–Crippen MR) is 177 cm³/mol. The molecule has 0 atom stereocenters. The van der Waals surface area contributed by atoms with E-state index in [1.54, 1.807) is 78.9 Å². The van der Waals surface area contributed by atoms with Gasteiger partial charge in [0.15, 0.2) is 5.65 Å². The molecule has 3 N–H and O–H groups in total. The number of methoxy groups -OCH3 is 1. The molecule has 0 saturated heterocycles. The summed E-state index contributed by atoms with van der Waals surface area (Å²) in [5, 5.41) is 33.3. The first-order valence-electron chi connectivity index (χ1n) is 13.8. The quantitative estimate of drug-likeness (QED) is 0.0498. The fourth-order valence-electron chi connectivity index (χ4n) is 5.02. The van der Waals surface area contributed by atoms with Crippen LogP contribution in [0.15, 0.2) is 116 Å². The molecular weight excluding hydrogens is 661 g/mol. The van der Waals surface area contributed by atoms with Crippen molar-refractivity contribution in [3.05, 3.63) is 112 Å². The molecule has 6 aromatic rings. The molecule has 2 heterocycles. The lowest BCUT2D eigenvalue weighted by atomic mass is 9.99. The maximum absolute atomic E-state index is 14.1. The van der Waals surface area contributed by atoms with Gasteiger partial charge < -0.3 is 10.1 Å². The van der Waals surface area contributed by atoms with E-state index in [1.165, 1.54) is 23.8 Å². The molecule has 0 bridgehead atoms. The Balaban J connectivity index is 1.50. The lowest BCUT2D eigenvalue weighted by Gasteiger charge is -2.12. The fraction of sp³-hybridized carbons (Fsp3) is 0.0312. The molecule has 0 unspecified atom stereocenters. The average molecular weight is 683 g/mol. The maximum Gasteiger partial charge on any atom is 0.296 e. The second-order valence-electron chi connectivity index (χ2n) is 9.91. The normalized spacial score (nSPS) is 12.2. The third-order valence-electron chi connectivity index (χ3n) is 7.11. The third-order valence-corrected chi connectivity index (χ3v) is 8.60. The molecule has 6 rings (SSSR count). The Morgan fingerprint density at radius 1 is 1.02 bits per heavy atom. The number of rotatable bonds is 10. The van der Waals surface area contributed by atoms with E-state index in [0.29, 0.717) is 27.2 Å². The summed E-state index contributed by atoms with van der Waals surface area (Å²) in [7, 11) is -3.52. The van der Waals surface area contributed by atoms with Crippen molar-refractivity contribution in [2.75, 3.05) is 12.4 Å². The van der Waals surface area contributed by atoms with Gasteiger partial charge in [-0.2, -0.15) is 18.8 Å². The van der Waals surface area contributed by atoms with Crippen LogP contribution in [-0.2, 0) is 19.5 Å².